The van der Waals surface area contributed by atoms with Crippen LogP contribution in [-0.4, -0.2) is 62.6 Å². The molecule has 1 aromatic rings. The second-order valence-corrected chi connectivity index (χ2v) is 4.68. The van der Waals surface area contributed by atoms with Crippen molar-refractivity contribution in [3.05, 3.63) is 24.3 Å². The molecule has 1 fully saturated rings. The Balaban J connectivity index is 1.74. The van der Waals surface area contributed by atoms with Gasteiger partial charge in [0.15, 0.2) is 0 Å². The van der Waals surface area contributed by atoms with E-state index < -0.39 is 0 Å². The van der Waals surface area contributed by atoms with Gasteiger partial charge in [-0.05, 0) is 12.1 Å². The molecule has 1 aliphatic rings. The molecule has 1 unspecified atom stereocenters. The average Bonchev–Trinajstić information content (AvgIpc) is 2.46. The minimum Gasteiger partial charge on any atom is -0.497 e. The molecule has 2 N–H and O–H groups in total. The van der Waals surface area contributed by atoms with Gasteiger partial charge in [-0.3, -0.25) is 4.90 Å². The fraction of sp³-hybridized carbons (Fsp3) is 0.571. The maximum Gasteiger partial charge on any atom is 0.120 e. The van der Waals surface area contributed by atoms with E-state index in [-0.39, 0.29) is 6.10 Å². The maximum absolute atomic E-state index is 10.0. The van der Waals surface area contributed by atoms with E-state index in [1.165, 1.54) is 0 Å². The first-order chi connectivity index (χ1) is 9.28. The second-order valence-electron chi connectivity index (χ2n) is 4.68. The van der Waals surface area contributed by atoms with Gasteiger partial charge in [-0.1, -0.05) is 6.07 Å². The number of anilines is 1. The summed E-state index contributed by atoms with van der Waals surface area (Å²) in [7, 11) is 1.65. The molecule has 0 aromatic heterocycles. The highest BCUT2D eigenvalue weighted by Gasteiger charge is 2.14. The molecule has 19 heavy (non-hydrogen) atoms. The molecule has 1 aliphatic heterocycles. The number of morpholine rings is 1. The summed E-state index contributed by atoms with van der Waals surface area (Å²) in [5.74, 6) is 0.813. The van der Waals surface area contributed by atoms with Crippen molar-refractivity contribution in [1.29, 1.82) is 0 Å². The third-order valence-electron chi connectivity index (χ3n) is 3.18. The fourth-order valence-electron chi connectivity index (χ4n) is 2.12. The number of aliphatic hydroxyl groups excluding tert-OH is 1. The fourth-order valence-corrected chi connectivity index (χ4v) is 2.12. The van der Waals surface area contributed by atoms with Crippen LogP contribution < -0.4 is 10.1 Å². The topological polar surface area (TPSA) is 54.0 Å². The quantitative estimate of drug-likeness (QED) is 0.797. The highest BCUT2D eigenvalue weighted by Crippen LogP contribution is 2.16. The standard InChI is InChI=1S/C14H22N2O3/c1-18-14-4-2-3-12(9-14)15-10-13(17)11-16-5-7-19-8-6-16/h2-4,9,13,15,17H,5-8,10-11H2,1H3. The van der Waals surface area contributed by atoms with Gasteiger partial charge in [0, 0.05) is 37.9 Å². The van der Waals surface area contributed by atoms with Crippen LogP contribution in [0, 0.1) is 0 Å². The molecule has 1 aromatic carbocycles. The van der Waals surface area contributed by atoms with Gasteiger partial charge in [-0.2, -0.15) is 0 Å². The van der Waals surface area contributed by atoms with Crippen molar-refractivity contribution in [2.45, 2.75) is 6.10 Å². The second kappa shape index (κ2) is 7.33. The molecule has 2 rings (SSSR count). The summed E-state index contributed by atoms with van der Waals surface area (Å²) >= 11 is 0. The molecule has 0 spiro atoms. The van der Waals surface area contributed by atoms with Crippen LogP contribution in [-0.2, 0) is 4.74 Å². The van der Waals surface area contributed by atoms with Gasteiger partial charge in [0.1, 0.15) is 5.75 Å². The SMILES string of the molecule is COc1cccc(NCC(O)CN2CCOCC2)c1. The lowest BCUT2D eigenvalue weighted by Gasteiger charge is -2.28. The van der Waals surface area contributed by atoms with Crippen LogP contribution in [0.2, 0.25) is 0 Å². The number of ether oxygens (including phenoxy) is 2. The number of rotatable bonds is 6. The molecule has 1 atom stereocenters. The molecule has 0 aliphatic carbocycles. The first kappa shape index (κ1) is 14.1. The first-order valence-electron chi connectivity index (χ1n) is 6.64. The van der Waals surface area contributed by atoms with Crippen LogP contribution in [0.3, 0.4) is 0 Å². The van der Waals surface area contributed by atoms with Crippen molar-refractivity contribution in [3.8, 4) is 5.75 Å². The molecule has 1 heterocycles. The number of aliphatic hydroxyl groups is 1. The van der Waals surface area contributed by atoms with E-state index in [0.717, 1.165) is 37.7 Å². The summed E-state index contributed by atoms with van der Waals surface area (Å²) in [5.41, 5.74) is 0.959. The Morgan fingerprint density at radius 3 is 2.95 bits per heavy atom. The van der Waals surface area contributed by atoms with E-state index in [4.69, 9.17) is 9.47 Å². The lowest BCUT2D eigenvalue weighted by Crippen LogP contribution is -2.42. The average molecular weight is 266 g/mol. The molecule has 106 valence electrons. The molecule has 0 radical (unpaired) electrons. The zero-order chi connectivity index (χ0) is 13.5. The van der Waals surface area contributed by atoms with Crippen molar-refractivity contribution >= 4 is 5.69 Å². The van der Waals surface area contributed by atoms with Crippen molar-refractivity contribution in [2.24, 2.45) is 0 Å². The Labute approximate surface area is 114 Å². The summed E-state index contributed by atoms with van der Waals surface area (Å²) in [5, 5.41) is 13.2. The highest BCUT2D eigenvalue weighted by molar-refractivity contribution is 5.48. The van der Waals surface area contributed by atoms with E-state index in [9.17, 15) is 5.11 Å². The van der Waals surface area contributed by atoms with Crippen LogP contribution in [0.4, 0.5) is 5.69 Å². The van der Waals surface area contributed by atoms with E-state index in [0.29, 0.717) is 13.1 Å². The highest BCUT2D eigenvalue weighted by atomic mass is 16.5. The molecule has 0 bridgehead atoms. The van der Waals surface area contributed by atoms with Crippen LogP contribution in [0.1, 0.15) is 0 Å². The van der Waals surface area contributed by atoms with E-state index in [2.05, 4.69) is 10.2 Å². The van der Waals surface area contributed by atoms with Gasteiger partial charge in [0.05, 0.1) is 26.4 Å². The smallest absolute Gasteiger partial charge is 0.120 e. The first-order valence-corrected chi connectivity index (χ1v) is 6.64. The minimum atomic E-state index is -0.385. The number of benzene rings is 1. The Morgan fingerprint density at radius 1 is 1.42 bits per heavy atom. The zero-order valence-electron chi connectivity index (χ0n) is 11.3. The Hall–Kier alpha value is -1.30. The molecule has 1 saturated heterocycles. The summed E-state index contributed by atoms with van der Waals surface area (Å²) < 4.78 is 10.4. The summed E-state index contributed by atoms with van der Waals surface area (Å²) in [6.45, 7) is 4.53. The van der Waals surface area contributed by atoms with E-state index in [1.807, 2.05) is 24.3 Å². The molecule has 5 nitrogen and oxygen atoms in total. The largest absolute Gasteiger partial charge is 0.497 e. The van der Waals surface area contributed by atoms with Gasteiger partial charge in [-0.15, -0.1) is 0 Å². The molecule has 0 saturated carbocycles. The number of hydrogen-bond acceptors (Lipinski definition) is 5. The van der Waals surface area contributed by atoms with Crippen molar-refractivity contribution in [2.75, 3.05) is 51.8 Å². The summed E-state index contributed by atoms with van der Waals surface area (Å²) in [6, 6.07) is 7.70. The number of nitrogens with zero attached hydrogens (tertiary/aromatic N) is 1. The molecular weight excluding hydrogens is 244 g/mol. The zero-order valence-corrected chi connectivity index (χ0v) is 11.3. The third-order valence-corrected chi connectivity index (χ3v) is 3.18. The summed E-state index contributed by atoms with van der Waals surface area (Å²) in [4.78, 5) is 2.22. The van der Waals surface area contributed by atoms with Gasteiger partial charge >= 0.3 is 0 Å². The van der Waals surface area contributed by atoms with Crippen molar-refractivity contribution in [1.82, 2.24) is 4.90 Å². The number of β-amino-alcohol motifs (C(OH)–C–C–N with tert-alkyl or cyclic N) is 1. The Morgan fingerprint density at radius 2 is 2.21 bits per heavy atom. The van der Waals surface area contributed by atoms with Crippen LogP contribution in [0.5, 0.6) is 5.75 Å². The minimum absolute atomic E-state index is 0.385. The van der Waals surface area contributed by atoms with Crippen molar-refractivity contribution < 1.29 is 14.6 Å². The molecular formula is C14H22N2O3. The lowest BCUT2D eigenvalue weighted by molar-refractivity contribution is 0.0171. The molecule has 0 amide bonds. The Bertz CT molecular complexity index is 381. The summed E-state index contributed by atoms with van der Waals surface area (Å²) in [6.07, 6.45) is -0.385. The van der Waals surface area contributed by atoms with E-state index in [1.54, 1.807) is 7.11 Å². The van der Waals surface area contributed by atoms with Gasteiger partial charge in [0.25, 0.3) is 0 Å². The van der Waals surface area contributed by atoms with Crippen LogP contribution in [0.15, 0.2) is 24.3 Å². The van der Waals surface area contributed by atoms with Gasteiger partial charge in [0.2, 0.25) is 0 Å². The predicted octanol–water partition coefficient (Wildman–Crippen LogP) is 0.800. The normalized spacial score (nSPS) is 18.0. The van der Waals surface area contributed by atoms with Crippen LogP contribution in [0.25, 0.3) is 0 Å². The monoisotopic (exact) mass is 266 g/mol. The van der Waals surface area contributed by atoms with Gasteiger partial charge in [-0.25, -0.2) is 0 Å². The number of hydrogen-bond donors (Lipinski definition) is 2. The third kappa shape index (κ3) is 4.70. The lowest BCUT2D eigenvalue weighted by atomic mass is 10.2. The number of methoxy groups -OCH3 is 1. The van der Waals surface area contributed by atoms with Crippen LogP contribution >= 0.6 is 0 Å². The number of nitrogens with one attached hydrogen (secondary N) is 1. The maximum atomic E-state index is 10.0. The van der Waals surface area contributed by atoms with E-state index >= 15 is 0 Å². The van der Waals surface area contributed by atoms with Gasteiger partial charge < -0.3 is 19.9 Å². The van der Waals surface area contributed by atoms with Crippen molar-refractivity contribution in [3.63, 3.8) is 0 Å². The molecule has 5 heteroatoms. The Kier molecular flexibility index (Phi) is 5.44. The predicted molar refractivity (Wildman–Crippen MR) is 74.7 cm³/mol.